The Balaban J connectivity index is 1.48. The van der Waals surface area contributed by atoms with E-state index in [0.29, 0.717) is 37.6 Å². The zero-order valence-corrected chi connectivity index (χ0v) is 21.5. The van der Waals surface area contributed by atoms with Gasteiger partial charge in [-0.3, -0.25) is 14.4 Å². The van der Waals surface area contributed by atoms with E-state index in [0.717, 1.165) is 22.6 Å². The van der Waals surface area contributed by atoms with Crippen LogP contribution < -0.4 is 5.32 Å². The molecule has 0 atom stereocenters. The molecule has 0 spiro atoms. The lowest BCUT2D eigenvalue weighted by Crippen LogP contribution is -2.41. The van der Waals surface area contributed by atoms with Crippen LogP contribution in [0.15, 0.2) is 59.6 Å². The smallest absolute Gasteiger partial charge is 0.271 e. The standard InChI is InChI=1S/C26H28FN5O4S/c1-18-6-8-19(9-7-18)37(34,35)32-17-20(25-21(27)4-3-5-23(25)32)24-16-22(29-30(24)2)26(33)28-10-11-31-12-14-36-15-13-31/h3-9,16-17H,10-15H2,1-2H3,(H,28,33). The van der Waals surface area contributed by atoms with Gasteiger partial charge >= 0.3 is 0 Å². The summed E-state index contributed by atoms with van der Waals surface area (Å²) < 4.78 is 50.0. The van der Waals surface area contributed by atoms with Crippen molar-refractivity contribution < 1.29 is 22.3 Å². The summed E-state index contributed by atoms with van der Waals surface area (Å²) in [5.74, 6) is -0.922. The fourth-order valence-electron chi connectivity index (χ4n) is 4.50. The molecule has 1 fully saturated rings. The van der Waals surface area contributed by atoms with Gasteiger partial charge < -0.3 is 10.1 Å². The summed E-state index contributed by atoms with van der Waals surface area (Å²) in [5.41, 5.74) is 2.04. The van der Waals surface area contributed by atoms with Crippen LogP contribution in [-0.4, -0.2) is 72.4 Å². The van der Waals surface area contributed by atoms with Crippen LogP contribution >= 0.6 is 0 Å². The fourth-order valence-corrected chi connectivity index (χ4v) is 5.87. The zero-order chi connectivity index (χ0) is 26.2. The van der Waals surface area contributed by atoms with E-state index in [2.05, 4.69) is 15.3 Å². The lowest BCUT2D eigenvalue weighted by atomic mass is 10.1. The van der Waals surface area contributed by atoms with Gasteiger partial charge in [0.2, 0.25) is 0 Å². The SMILES string of the molecule is Cc1ccc(S(=O)(=O)n2cc(-c3cc(C(=O)NCCN4CCOCC4)nn3C)c3c(F)cccc32)cc1. The van der Waals surface area contributed by atoms with Crippen LogP contribution in [0.3, 0.4) is 0 Å². The number of nitrogens with one attached hydrogen (secondary N) is 1. The van der Waals surface area contributed by atoms with Crippen LogP contribution in [0, 0.1) is 12.7 Å². The molecule has 1 aliphatic rings. The van der Waals surface area contributed by atoms with Crippen molar-refractivity contribution in [1.29, 1.82) is 0 Å². The van der Waals surface area contributed by atoms with Gasteiger partial charge in [0, 0.05) is 50.4 Å². The lowest BCUT2D eigenvalue weighted by Gasteiger charge is -2.26. The highest BCUT2D eigenvalue weighted by Crippen LogP contribution is 2.35. The minimum atomic E-state index is -4.00. The Kier molecular flexibility index (Phi) is 6.84. The molecule has 0 unspecified atom stereocenters. The van der Waals surface area contributed by atoms with Gasteiger partial charge in [-0.15, -0.1) is 0 Å². The minimum absolute atomic E-state index is 0.0937. The van der Waals surface area contributed by atoms with Gasteiger partial charge in [-0.2, -0.15) is 5.10 Å². The lowest BCUT2D eigenvalue weighted by molar-refractivity contribution is 0.0383. The number of halogens is 1. The Labute approximate surface area is 214 Å². The molecule has 2 aromatic heterocycles. The zero-order valence-electron chi connectivity index (χ0n) is 20.6. The van der Waals surface area contributed by atoms with Crippen LogP contribution in [-0.2, 0) is 21.8 Å². The quantitative estimate of drug-likeness (QED) is 0.399. The molecular weight excluding hydrogens is 497 g/mol. The van der Waals surface area contributed by atoms with Crippen molar-refractivity contribution in [2.24, 2.45) is 7.05 Å². The van der Waals surface area contributed by atoms with Gasteiger partial charge in [-0.1, -0.05) is 23.8 Å². The first-order valence-corrected chi connectivity index (χ1v) is 13.4. The molecule has 0 bridgehead atoms. The van der Waals surface area contributed by atoms with E-state index < -0.39 is 15.8 Å². The number of benzene rings is 2. The first kappa shape index (κ1) is 25.1. The molecule has 194 valence electrons. The van der Waals surface area contributed by atoms with Crippen molar-refractivity contribution in [3.05, 3.63) is 71.8 Å². The number of fused-ring (bicyclic) bond motifs is 1. The molecule has 11 heteroatoms. The van der Waals surface area contributed by atoms with E-state index >= 15 is 4.39 Å². The fraction of sp³-hybridized carbons (Fsp3) is 0.308. The summed E-state index contributed by atoms with van der Waals surface area (Å²) in [7, 11) is -2.37. The van der Waals surface area contributed by atoms with Gasteiger partial charge in [0.25, 0.3) is 15.9 Å². The molecule has 1 amide bonds. The number of amides is 1. The first-order chi connectivity index (χ1) is 17.8. The summed E-state index contributed by atoms with van der Waals surface area (Å²) >= 11 is 0. The van der Waals surface area contributed by atoms with E-state index in [1.807, 2.05) is 6.92 Å². The van der Waals surface area contributed by atoms with Gasteiger partial charge in [-0.25, -0.2) is 16.8 Å². The number of ether oxygens (including phenoxy) is 1. The molecule has 0 radical (unpaired) electrons. The highest BCUT2D eigenvalue weighted by Gasteiger charge is 2.25. The van der Waals surface area contributed by atoms with Crippen molar-refractivity contribution in [2.75, 3.05) is 39.4 Å². The molecule has 5 rings (SSSR count). The molecule has 3 heterocycles. The summed E-state index contributed by atoms with van der Waals surface area (Å²) in [4.78, 5) is 15.1. The normalized spacial score (nSPS) is 14.8. The average molecular weight is 526 g/mol. The largest absolute Gasteiger partial charge is 0.379 e. The van der Waals surface area contributed by atoms with E-state index in [4.69, 9.17) is 4.74 Å². The average Bonchev–Trinajstić information content (AvgIpc) is 3.47. The Morgan fingerprint density at radius 1 is 1.14 bits per heavy atom. The Morgan fingerprint density at radius 3 is 2.59 bits per heavy atom. The number of morpholine rings is 1. The minimum Gasteiger partial charge on any atom is -0.379 e. The highest BCUT2D eigenvalue weighted by atomic mass is 32.2. The Hall–Kier alpha value is -3.54. The van der Waals surface area contributed by atoms with E-state index in [1.165, 1.54) is 35.1 Å². The second kappa shape index (κ2) is 10.1. The monoisotopic (exact) mass is 525 g/mol. The van der Waals surface area contributed by atoms with Crippen molar-refractivity contribution in [3.63, 3.8) is 0 Å². The highest BCUT2D eigenvalue weighted by molar-refractivity contribution is 7.90. The molecule has 4 aromatic rings. The van der Waals surface area contributed by atoms with Crippen molar-refractivity contribution in [3.8, 4) is 11.3 Å². The van der Waals surface area contributed by atoms with E-state index in [9.17, 15) is 13.2 Å². The molecule has 0 aliphatic carbocycles. The number of rotatable bonds is 7. The third-order valence-electron chi connectivity index (χ3n) is 6.53. The molecule has 1 aliphatic heterocycles. The molecule has 9 nitrogen and oxygen atoms in total. The third kappa shape index (κ3) is 4.89. The van der Waals surface area contributed by atoms with E-state index in [-0.39, 0.29) is 27.4 Å². The number of carbonyl (C=O) groups excluding carboxylic acids is 1. The van der Waals surface area contributed by atoms with E-state index in [1.54, 1.807) is 31.3 Å². The Bertz CT molecular complexity index is 1550. The van der Waals surface area contributed by atoms with Crippen LogP contribution in [0.4, 0.5) is 4.39 Å². The maximum atomic E-state index is 15.1. The summed E-state index contributed by atoms with van der Waals surface area (Å²) in [6, 6.07) is 12.3. The van der Waals surface area contributed by atoms with Crippen molar-refractivity contribution in [1.82, 2.24) is 24.0 Å². The predicted octanol–water partition coefficient (Wildman–Crippen LogP) is 2.79. The maximum Gasteiger partial charge on any atom is 0.271 e. The molecule has 1 saturated heterocycles. The summed E-state index contributed by atoms with van der Waals surface area (Å²) in [6.45, 7) is 6.03. The first-order valence-electron chi connectivity index (χ1n) is 12.0. The van der Waals surface area contributed by atoms with Gasteiger partial charge in [-0.05, 0) is 37.3 Å². The van der Waals surface area contributed by atoms with Crippen molar-refractivity contribution >= 4 is 26.8 Å². The molecular formula is C26H28FN5O4S. The number of aromatic nitrogens is 3. The van der Waals surface area contributed by atoms with Gasteiger partial charge in [0.05, 0.1) is 29.3 Å². The molecule has 0 saturated carbocycles. The molecule has 2 aromatic carbocycles. The van der Waals surface area contributed by atoms with Crippen molar-refractivity contribution in [2.45, 2.75) is 11.8 Å². The second-order valence-electron chi connectivity index (χ2n) is 9.04. The van der Waals surface area contributed by atoms with Crippen LogP contribution in [0.2, 0.25) is 0 Å². The number of aryl methyl sites for hydroxylation is 2. The maximum absolute atomic E-state index is 15.1. The van der Waals surface area contributed by atoms with Gasteiger partial charge in [0.1, 0.15) is 5.82 Å². The predicted molar refractivity (Wildman–Crippen MR) is 137 cm³/mol. The number of carbonyl (C=O) groups is 1. The number of nitrogens with zero attached hydrogens (tertiary/aromatic N) is 4. The number of hydrogen-bond acceptors (Lipinski definition) is 6. The van der Waals surface area contributed by atoms with Crippen LogP contribution in [0.25, 0.3) is 22.2 Å². The second-order valence-corrected chi connectivity index (χ2v) is 10.9. The third-order valence-corrected chi connectivity index (χ3v) is 8.22. The Morgan fingerprint density at radius 2 is 1.86 bits per heavy atom. The molecule has 1 N–H and O–H groups in total. The summed E-state index contributed by atoms with van der Waals surface area (Å²) in [6.07, 6.45) is 1.39. The molecule has 37 heavy (non-hydrogen) atoms. The number of hydrogen-bond donors (Lipinski definition) is 1. The summed E-state index contributed by atoms with van der Waals surface area (Å²) in [5, 5.41) is 7.33. The van der Waals surface area contributed by atoms with Crippen LogP contribution in [0.5, 0.6) is 0 Å². The topological polar surface area (TPSA) is 98.5 Å². The van der Waals surface area contributed by atoms with Gasteiger partial charge in [0.15, 0.2) is 5.69 Å². The van der Waals surface area contributed by atoms with Crippen LogP contribution in [0.1, 0.15) is 16.1 Å².